The summed E-state index contributed by atoms with van der Waals surface area (Å²) in [6.45, 7) is 0. The molecule has 0 unspecified atom stereocenters. The van der Waals surface area contributed by atoms with Gasteiger partial charge in [0.05, 0.1) is 22.1 Å². The third kappa shape index (κ3) is 4.30. The van der Waals surface area contributed by atoms with E-state index in [1.54, 1.807) is 24.4 Å². The Morgan fingerprint density at radius 2 is 1.93 bits per heavy atom. The summed E-state index contributed by atoms with van der Waals surface area (Å²) in [7, 11) is 0. The highest BCUT2D eigenvalue weighted by molar-refractivity contribution is 6.33. The number of hydrogen-bond acceptors (Lipinski definition) is 2. The Kier molecular flexibility index (Phi) is 5.58. The number of amides is 1. The molecule has 4 aromatic rings. The molecule has 0 saturated heterocycles. The summed E-state index contributed by atoms with van der Waals surface area (Å²) in [6.07, 6.45) is 3.28. The van der Waals surface area contributed by atoms with Gasteiger partial charge in [0.25, 0.3) is 0 Å². The first kappa shape index (κ1) is 19.2. The quantitative estimate of drug-likeness (QED) is 0.412. The molecule has 2 aromatic heterocycles. The fourth-order valence-electron chi connectivity index (χ4n) is 3.41. The minimum absolute atomic E-state index is 0.108. The van der Waals surface area contributed by atoms with E-state index in [0.717, 1.165) is 27.9 Å². The van der Waals surface area contributed by atoms with Crippen LogP contribution in [0.2, 0.25) is 5.02 Å². The fraction of sp³-hybridized carbons (Fsp3) is 0.130. The fourth-order valence-corrected chi connectivity index (χ4v) is 3.59. The summed E-state index contributed by atoms with van der Waals surface area (Å²) in [4.78, 5) is 20.1. The Bertz CT molecular complexity index is 1160. The van der Waals surface area contributed by atoms with E-state index in [1.165, 1.54) is 12.1 Å². The molecule has 0 atom stereocenters. The number of rotatable bonds is 6. The van der Waals surface area contributed by atoms with Gasteiger partial charge in [-0.3, -0.25) is 9.78 Å². The number of aromatic amines is 1. The van der Waals surface area contributed by atoms with E-state index in [0.29, 0.717) is 30.0 Å². The maximum Gasteiger partial charge on any atom is 0.224 e. The summed E-state index contributed by atoms with van der Waals surface area (Å²) >= 11 is 6.09. The van der Waals surface area contributed by atoms with Crippen LogP contribution in [0, 0.1) is 5.82 Å². The minimum Gasteiger partial charge on any atom is -0.353 e. The Morgan fingerprint density at radius 3 is 2.72 bits per heavy atom. The van der Waals surface area contributed by atoms with Gasteiger partial charge in [0.2, 0.25) is 5.91 Å². The SMILES string of the molecule is O=C(CCCc1c(-c2ccccn2)[nH]c2ccc(F)cc12)Nc1ccccc1Cl. The molecule has 0 saturated carbocycles. The molecule has 4 nitrogen and oxygen atoms in total. The van der Waals surface area contributed by atoms with Crippen LogP contribution in [0.3, 0.4) is 0 Å². The van der Waals surface area contributed by atoms with Gasteiger partial charge in [0, 0.05) is 23.5 Å². The summed E-state index contributed by atoms with van der Waals surface area (Å²) in [5.74, 6) is -0.398. The van der Waals surface area contributed by atoms with Crippen LogP contribution in [-0.4, -0.2) is 15.9 Å². The standard InChI is InChI=1S/C23H19ClFN3O/c24-18-7-1-2-8-20(18)27-22(29)10-5-6-16-17-14-15(25)11-12-19(17)28-23(16)21-9-3-4-13-26-21/h1-4,7-9,11-14,28H,5-6,10H2,(H,27,29). The van der Waals surface area contributed by atoms with Crippen molar-refractivity contribution in [3.05, 3.63) is 83.3 Å². The maximum absolute atomic E-state index is 13.9. The number of halogens is 2. The minimum atomic E-state index is -0.290. The second-order valence-corrected chi connectivity index (χ2v) is 7.17. The number of aryl methyl sites for hydroxylation is 1. The zero-order valence-corrected chi connectivity index (χ0v) is 16.3. The van der Waals surface area contributed by atoms with Crippen molar-refractivity contribution >= 4 is 34.1 Å². The number of nitrogens with one attached hydrogen (secondary N) is 2. The van der Waals surface area contributed by atoms with E-state index in [4.69, 9.17) is 11.6 Å². The molecule has 6 heteroatoms. The number of benzene rings is 2. The lowest BCUT2D eigenvalue weighted by molar-refractivity contribution is -0.116. The maximum atomic E-state index is 13.9. The predicted molar refractivity (Wildman–Crippen MR) is 115 cm³/mol. The Morgan fingerprint density at radius 1 is 1.10 bits per heavy atom. The molecule has 0 aliphatic carbocycles. The summed E-state index contributed by atoms with van der Waals surface area (Å²) in [6, 6.07) is 17.5. The van der Waals surface area contributed by atoms with Crippen LogP contribution in [0.25, 0.3) is 22.3 Å². The second kappa shape index (κ2) is 8.45. The number of pyridine rings is 1. The van der Waals surface area contributed by atoms with Crippen molar-refractivity contribution in [1.82, 2.24) is 9.97 Å². The van der Waals surface area contributed by atoms with Gasteiger partial charge >= 0.3 is 0 Å². The van der Waals surface area contributed by atoms with E-state index in [1.807, 2.05) is 30.3 Å². The van der Waals surface area contributed by atoms with E-state index < -0.39 is 0 Å². The van der Waals surface area contributed by atoms with Gasteiger partial charge in [-0.1, -0.05) is 29.8 Å². The number of nitrogens with zero attached hydrogens (tertiary/aromatic N) is 1. The van der Waals surface area contributed by atoms with Crippen LogP contribution in [0.1, 0.15) is 18.4 Å². The molecule has 4 rings (SSSR count). The van der Waals surface area contributed by atoms with Crippen LogP contribution in [-0.2, 0) is 11.2 Å². The predicted octanol–water partition coefficient (Wildman–Crippen LogP) is 5.98. The van der Waals surface area contributed by atoms with Crippen LogP contribution in [0.4, 0.5) is 10.1 Å². The number of fused-ring (bicyclic) bond motifs is 1. The molecular weight excluding hydrogens is 389 g/mol. The molecule has 0 bridgehead atoms. The van der Waals surface area contributed by atoms with Crippen molar-refractivity contribution < 1.29 is 9.18 Å². The van der Waals surface area contributed by atoms with Gasteiger partial charge in [-0.05, 0) is 60.9 Å². The molecule has 146 valence electrons. The molecule has 0 spiro atoms. The molecule has 2 aromatic carbocycles. The van der Waals surface area contributed by atoms with Crippen LogP contribution < -0.4 is 5.32 Å². The van der Waals surface area contributed by atoms with Gasteiger partial charge in [0.15, 0.2) is 0 Å². The Labute approximate surface area is 172 Å². The highest BCUT2D eigenvalue weighted by Crippen LogP contribution is 2.31. The second-order valence-electron chi connectivity index (χ2n) is 6.77. The van der Waals surface area contributed by atoms with E-state index >= 15 is 0 Å². The average molecular weight is 408 g/mol. The third-order valence-corrected chi connectivity index (χ3v) is 5.10. The molecule has 2 N–H and O–H groups in total. The highest BCUT2D eigenvalue weighted by Gasteiger charge is 2.15. The molecule has 0 fully saturated rings. The number of anilines is 1. The lowest BCUT2D eigenvalue weighted by Crippen LogP contribution is -2.11. The highest BCUT2D eigenvalue weighted by atomic mass is 35.5. The van der Waals surface area contributed by atoms with Crippen LogP contribution in [0.15, 0.2) is 66.9 Å². The van der Waals surface area contributed by atoms with Crippen molar-refractivity contribution in [1.29, 1.82) is 0 Å². The lowest BCUT2D eigenvalue weighted by Gasteiger charge is -2.08. The van der Waals surface area contributed by atoms with Crippen molar-refractivity contribution in [3.8, 4) is 11.4 Å². The van der Waals surface area contributed by atoms with Crippen molar-refractivity contribution in [2.45, 2.75) is 19.3 Å². The number of aromatic nitrogens is 2. The largest absolute Gasteiger partial charge is 0.353 e. The summed E-state index contributed by atoms with van der Waals surface area (Å²) in [5, 5.41) is 4.15. The zero-order chi connectivity index (χ0) is 20.2. The summed E-state index contributed by atoms with van der Waals surface area (Å²) in [5.41, 5.74) is 4.06. The molecule has 29 heavy (non-hydrogen) atoms. The molecular formula is C23H19ClFN3O. The first-order valence-corrected chi connectivity index (χ1v) is 9.75. The zero-order valence-electron chi connectivity index (χ0n) is 15.6. The van der Waals surface area contributed by atoms with Crippen LogP contribution in [0.5, 0.6) is 0 Å². The van der Waals surface area contributed by atoms with Gasteiger partial charge in [-0.2, -0.15) is 0 Å². The monoisotopic (exact) mass is 407 g/mol. The average Bonchev–Trinajstić information content (AvgIpc) is 3.08. The molecule has 0 aliphatic heterocycles. The topological polar surface area (TPSA) is 57.8 Å². The van der Waals surface area contributed by atoms with Gasteiger partial charge in [-0.25, -0.2) is 4.39 Å². The third-order valence-electron chi connectivity index (χ3n) is 4.77. The molecule has 0 aliphatic rings. The number of para-hydroxylation sites is 1. The number of hydrogen-bond donors (Lipinski definition) is 2. The van der Waals surface area contributed by atoms with Crippen molar-refractivity contribution in [3.63, 3.8) is 0 Å². The smallest absolute Gasteiger partial charge is 0.224 e. The first-order chi connectivity index (χ1) is 14.1. The normalized spacial score (nSPS) is 11.0. The number of carbonyl (C=O) groups excluding carboxylic acids is 1. The molecule has 2 heterocycles. The van der Waals surface area contributed by atoms with Crippen molar-refractivity contribution in [2.75, 3.05) is 5.32 Å². The summed E-state index contributed by atoms with van der Waals surface area (Å²) < 4.78 is 13.9. The lowest BCUT2D eigenvalue weighted by atomic mass is 10.0. The van der Waals surface area contributed by atoms with E-state index in [2.05, 4.69) is 15.3 Å². The van der Waals surface area contributed by atoms with Gasteiger partial charge in [0.1, 0.15) is 5.82 Å². The number of carbonyl (C=O) groups is 1. The Balaban J connectivity index is 1.53. The molecule has 1 amide bonds. The van der Waals surface area contributed by atoms with Crippen LogP contribution >= 0.6 is 11.6 Å². The molecule has 0 radical (unpaired) electrons. The van der Waals surface area contributed by atoms with E-state index in [9.17, 15) is 9.18 Å². The first-order valence-electron chi connectivity index (χ1n) is 9.38. The van der Waals surface area contributed by atoms with Crippen molar-refractivity contribution in [2.24, 2.45) is 0 Å². The van der Waals surface area contributed by atoms with Gasteiger partial charge < -0.3 is 10.3 Å². The number of H-pyrrole nitrogens is 1. The Hall–Kier alpha value is -3.18. The van der Waals surface area contributed by atoms with E-state index in [-0.39, 0.29) is 11.7 Å². The van der Waals surface area contributed by atoms with Gasteiger partial charge in [-0.15, -0.1) is 0 Å².